The van der Waals surface area contributed by atoms with Gasteiger partial charge in [-0.15, -0.1) is 21.5 Å². The van der Waals surface area contributed by atoms with Crippen molar-refractivity contribution in [2.24, 2.45) is 0 Å². The molecule has 0 radical (unpaired) electrons. The second-order valence-corrected chi connectivity index (χ2v) is 9.01. The molecule has 0 saturated heterocycles. The zero-order valence-electron chi connectivity index (χ0n) is 18.8. The monoisotopic (exact) mass is 518 g/mol. The molecule has 0 bridgehead atoms. The molecule has 36 heavy (non-hydrogen) atoms. The van der Waals surface area contributed by atoms with Gasteiger partial charge in [-0.25, -0.2) is 4.79 Å². The van der Waals surface area contributed by atoms with Gasteiger partial charge in [-0.2, -0.15) is 5.26 Å². The van der Waals surface area contributed by atoms with E-state index in [9.17, 15) is 14.9 Å². The first-order valence-corrected chi connectivity index (χ1v) is 12.1. The van der Waals surface area contributed by atoms with Gasteiger partial charge >= 0.3 is 5.97 Å². The molecule has 11 heteroatoms. The van der Waals surface area contributed by atoms with Gasteiger partial charge in [-0.3, -0.25) is 10.1 Å². The SMILES string of the molecule is COc1cc(/C=C(/C#N)C(=O)Nc2nnc(COc3ccccc3)s2)ccc1OC(=O)c1cccs1. The Bertz CT molecular complexity index is 1430. The molecule has 9 nitrogen and oxygen atoms in total. The van der Waals surface area contributed by atoms with Crippen LogP contribution in [0.4, 0.5) is 5.13 Å². The van der Waals surface area contributed by atoms with E-state index in [2.05, 4.69) is 15.5 Å². The van der Waals surface area contributed by atoms with E-state index in [1.165, 1.54) is 30.6 Å². The Morgan fingerprint density at radius 1 is 1.08 bits per heavy atom. The molecule has 180 valence electrons. The number of para-hydroxylation sites is 1. The third kappa shape index (κ3) is 6.32. The molecule has 1 amide bonds. The number of nitrogens with one attached hydrogen (secondary N) is 1. The number of benzene rings is 2. The number of thiophene rings is 1. The lowest BCUT2D eigenvalue weighted by Crippen LogP contribution is -2.13. The van der Waals surface area contributed by atoms with Gasteiger partial charge in [0.05, 0.1) is 7.11 Å². The number of anilines is 1. The van der Waals surface area contributed by atoms with Crippen LogP contribution in [0.15, 0.2) is 71.6 Å². The quantitative estimate of drug-likeness (QED) is 0.143. The molecule has 2 heterocycles. The van der Waals surface area contributed by atoms with Gasteiger partial charge in [0.2, 0.25) is 5.13 Å². The lowest BCUT2D eigenvalue weighted by molar-refractivity contribution is -0.112. The zero-order valence-corrected chi connectivity index (χ0v) is 20.5. The molecular formula is C25H18N4O5S2. The van der Waals surface area contributed by atoms with E-state index in [4.69, 9.17) is 14.2 Å². The van der Waals surface area contributed by atoms with Crippen LogP contribution in [-0.4, -0.2) is 29.2 Å². The summed E-state index contributed by atoms with van der Waals surface area (Å²) in [5, 5.41) is 22.6. The van der Waals surface area contributed by atoms with Gasteiger partial charge in [0.15, 0.2) is 16.5 Å². The van der Waals surface area contributed by atoms with Crippen molar-refractivity contribution in [3.8, 4) is 23.3 Å². The minimum Gasteiger partial charge on any atom is -0.493 e. The summed E-state index contributed by atoms with van der Waals surface area (Å²) < 4.78 is 16.3. The van der Waals surface area contributed by atoms with E-state index in [0.717, 1.165) is 11.3 Å². The highest BCUT2D eigenvalue weighted by molar-refractivity contribution is 7.15. The van der Waals surface area contributed by atoms with Crippen LogP contribution in [0.1, 0.15) is 20.2 Å². The summed E-state index contributed by atoms with van der Waals surface area (Å²) >= 11 is 2.41. The number of hydrogen-bond donors (Lipinski definition) is 1. The summed E-state index contributed by atoms with van der Waals surface area (Å²) in [6.45, 7) is 0.196. The first-order chi connectivity index (χ1) is 17.6. The van der Waals surface area contributed by atoms with Crippen molar-refractivity contribution < 1.29 is 23.8 Å². The lowest BCUT2D eigenvalue weighted by atomic mass is 10.1. The average Bonchev–Trinajstić information content (AvgIpc) is 3.60. The summed E-state index contributed by atoms with van der Waals surface area (Å²) in [6.07, 6.45) is 1.39. The van der Waals surface area contributed by atoms with Crippen molar-refractivity contribution in [1.29, 1.82) is 5.26 Å². The summed E-state index contributed by atoms with van der Waals surface area (Å²) in [7, 11) is 1.43. The molecular weight excluding hydrogens is 500 g/mol. The van der Waals surface area contributed by atoms with E-state index in [1.807, 2.05) is 36.4 Å². The Balaban J connectivity index is 1.41. The molecule has 0 saturated carbocycles. The molecule has 0 aliphatic carbocycles. The highest BCUT2D eigenvalue weighted by Gasteiger charge is 2.16. The molecule has 2 aromatic heterocycles. The van der Waals surface area contributed by atoms with Gasteiger partial charge < -0.3 is 14.2 Å². The van der Waals surface area contributed by atoms with Crippen molar-refractivity contribution in [2.75, 3.05) is 12.4 Å². The third-order valence-electron chi connectivity index (χ3n) is 4.58. The molecule has 2 aromatic carbocycles. The van der Waals surface area contributed by atoms with Crippen LogP contribution in [0.2, 0.25) is 0 Å². The van der Waals surface area contributed by atoms with Gasteiger partial charge in [0.1, 0.15) is 28.9 Å². The number of nitriles is 1. The highest BCUT2D eigenvalue weighted by atomic mass is 32.1. The van der Waals surface area contributed by atoms with Crippen LogP contribution in [0, 0.1) is 11.3 Å². The van der Waals surface area contributed by atoms with Crippen molar-refractivity contribution in [3.63, 3.8) is 0 Å². The molecule has 1 N–H and O–H groups in total. The number of rotatable bonds is 9. The number of ether oxygens (including phenoxy) is 3. The third-order valence-corrected chi connectivity index (χ3v) is 6.24. The minimum absolute atomic E-state index is 0.155. The normalized spacial score (nSPS) is 10.8. The summed E-state index contributed by atoms with van der Waals surface area (Å²) in [4.78, 5) is 25.3. The molecule has 0 aliphatic heterocycles. The number of methoxy groups -OCH3 is 1. The number of aromatic nitrogens is 2. The molecule has 0 aliphatic rings. The van der Waals surface area contributed by atoms with Gasteiger partial charge in [0, 0.05) is 0 Å². The molecule has 0 atom stereocenters. The number of carbonyl (C=O) groups excluding carboxylic acids is 2. The predicted molar refractivity (Wildman–Crippen MR) is 135 cm³/mol. The van der Waals surface area contributed by atoms with Crippen LogP contribution >= 0.6 is 22.7 Å². The number of amides is 1. The smallest absolute Gasteiger partial charge is 0.353 e. The van der Waals surface area contributed by atoms with Crippen molar-refractivity contribution >= 4 is 45.8 Å². The fraction of sp³-hybridized carbons (Fsp3) is 0.0800. The standard InChI is InChI=1S/C25H18N4O5S2/c1-32-20-13-16(9-10-19(20)34-24(31)21-8-5-11-35-21)12-17(14-26)23(30)27-25-29-28-22(36-25)15-33-18-6-3-2-4-7-18/h2-13H,15H2,1H3,(H,27,29,30)/b17-12-. The first-order valence-electron chi connectivity index (χ1n) is 10.4. The lowest BCUT2D eigenvalue weighted by Gasteiger charge is -2.09. The average molecular weight is 519 g/mol. The zero-order chi connectivity index (χ0) is 25.3. The van der Waals surface area contributed by atoms with Gasteiger partial charge in [-0.05, 0) is 47.4 Å². The predicted octanol–water partition coefficient (Wildman–Crippen LogP) is 4.95. The first kappa shape index (κ1) is 24.6. The Labute approximate surface area is 214 Å². The number of nitrogens with zero attached hydrogens (tertiary/aromatic N) is 3. The largest absolute Gasteiger partial charge is 0.493 e. The fourth-order valence-electron chi connectivity index (χ4n) is 2.91. The number of carbonyl (C=O) groups is 2. The van der Waals surface area contributed by atoms with E-state index >= 15 is 0 Å². The van der Waals surface area contributed by atoms with Crippen LogP contribution < -0.4 is 19.5 Å². The summed E-state index contributed by atoms with van der Waals surface area (Å²) in [6, 6.07) is 19.2. The Morgan fingerprint density at radius 2 is 1.92 bits per heavy atom. The highest BCUT2D eigenvalue weighted by Crippen LogP contribution is 2.30. The van der Waals surface area contributed by atoms with E-state index in [-0.39, 0.29) is 28.8 Å². The Hall–Kier alpha value is -4.53. The molecule has 4 aromatic rings. The molecule has 4 rings (SSSR count). The minimum atomic E-state index is -0.642. The van der Waals surface area contributed by atoms with Crippen molar-refractivity contribution in [2.45, 2.75) is 6.61 Å². The molecule has 0 fully saturated rings. The molecule has 0 spiro atoms. The maximum atomic E-state index is 12.6. The topological polar surface area (TPSA) is 123 Å². The van der Waals surface area contributed by atoms with Crippen molar-refractivity contribution in [1.82, 2.24) is 10.2 Å². The van der Waals surface area contributed by atoms with E-state index in [1.54, 1.807) is 29.6 Å². The van der Waals surface area contributed by atoms with Crippen LogP contribution in [0.5, 0.6) is 17.2 Å². The van der Waals surface area contributed by atoms with Crippen molar-refractivity contribution in [3.05, 3.63) is 87.1 Å². The van der Waals surface area contributed by atoms with Crippen LogP contribution in [0.25, 0.3) is 6.08 Å². The van der Waals surface area contributed by atoms with Crippen LogP contribution in [-0.2, 0) is 11.4 Å². The summed E-state index contributed by atoms with van der Waals surface area (Å²) in [5.74, 6) is 0.0370. The summed E-state index contributed by atoms with van der Waals surface area (Å²) in [5.41, 5.74) is 0.348. The maximum Gasteiger partial charge on any atom is 0.353 e. The molecule has 0 unspecified atom stereocenters. The second-order valence-electron chi connectivity index (χ2n) is 7.00. The van der Waals surface area contributed by atoms with Crippen LogP contribution in [0.3, 0.4) is 0 Å². The van der Waals surface area contributed by atoms with Gasteiger partial charge in [-0.1, -0.05) is 41.7 Å². The van der Waals surface area contributed by atoms with E-state index < -0.39 is 11.9 Å². The maximum absolute atomic E-state index is 12.6. The number of hydrogen-bond acceptors (Lipinski definition) is 10. The van der Waals surface area contributed by atoms with E-state index in [0.29, 0.717) is 21.2 Å². The Kier molecular flexibility index (Phi) is 8.02. The Morgan fingerprint density at radius 3 is 2.64 bits per heavy atom. The van der Waals surface area contributed by atoms with Gasteiger partial charge in [0.25, 0.3) is 5.91 Å². The second kappa shape index (κ2) is 11.7. The fourth-order valence-corrected chi connectivity index (χ4v) is 4.15. The number of esters is 1.